The predicted molar refractivity (Wildman–Crippen MR) is 77.7 cm³/mol. The minimum Gasteiger partial charge on any atom is -0.308 e. The monoisotopic (exact) mass is 293 g/mol. The van der Waals surface area contributed by atoms with E-state index in [0.717, 1.165) is 35.7 Å². The van der Waals surface area contributed by atoms with Crippen LogP contribution in [0.3, 0.4) is 0 Å². The fourth-order valence-corrected chi connectivity index (χ4v) is 3.23. The molecule has 1 atom stereocenters. The van der Waals surface area contributed by atoms with Gasteiger partial charge in [-0.3, -0.25) is 4.40 Å². The van der Waals surface area contributed by atoms with E-state index in [9.17, 15) is 0 Å². The summed E-state index contributed by atoms with van der Waals surface area (Å²) in [5, 5.41) is 11.7. The smallest absolute Gasteiger partial charge is 0.193 e. The van der Waals surface area contributed by atoms with E-state index in [1.807, 2.05) is 17.0 Å². The highest BCUT2D eigenvalue weighted by atomic mass is 32.1. The summed E-state index contributed by atoms with van der Waals surface area (Å²) in [6, 6.07) is 0.198. The van der Waals surface area contributed by atoms with E-state index in [1.54, 1.807) is 11.3 Å². The first-order valence-electron chi connectivity index (χ1n) is 6.28. The Morgan fingerprint density at radius 3 is 3.16 bits per heavy atom. The molecule has 0 saturated heterocycles. The molecule has 3 aromatic rings. The summed E-state index contributed by atoms with van der Waals surface area (Å²) in [7, 11) is 0. The van der Waals surface area contributed by atoms with Crippen LogP contribution >= 0.6 is 22.9 Å². The molecule has 0 aliphatic heterocycles. The summed E-state index contributed by atoms with van der Waals surface area (Å²) in [5.41, 5.74) is 2.10. The Kier molecular flexibility index (Phi) is 3.86. The first-order chi connectivity index (χ1) is 9.36. The summed E-state index contributed by atoms with van der Waals surface area (Å²) in [6.45, 7) is 3.14. The maximum atomic E-state index is 4.63. The number of rotatable bonds is 6. The molecule has 1 unspecified atom stereocenters. The minimum atomic E-state index is 0.198. The van der Waals surface area contributed by atoms with Gasteiger partial charge in [0.2, 0.25) is 0 Å². The molecular formula is C12H15N5S2. The quantitative estimate of drug-likeness (QED) is 0.759. The lowest BCUT2D eigenvalue weighted by Crippen LogP contribution is -2.24. The molecule has 0 amide bonds. The average molecular weight is 293 g/mol. The van der Waals surface area contributed by atoms with E-state index in [0.29, 0.717) is 0 Å². The molecule has 0 bridgehead atoms. The average Bonchev–Trinajstić information content (AvgIpc) is 3.09. The highest BCUT2D eigenvalue weighted by Crippen LogP contribution is 2.19. The van der Waals surface area contributed by atoms with Gasteiger partial charge in [-0.05, 0) is 24.5 Å². The molecule has 0 saturated carbocycles. The summed E-state index contributed by atoms with van der Waals surface area (Å²) in [6.07, 6.45) is 6.08. The maximum absolute atomic E-state index is 4.63. The largest absolute Gasteiger partial charge is 0.308 e. The topological polar surface area (TPSA) is 55.1 Å². The number of hydrogen-bond donors (Lipinski definition) is 1. The van der Waals surface area contributed by atoms with Gasteiger partial charge in [0.1, 0.15) is 0 Å². The molecule has 100 valence electrons. The second-order valence-electron chi connectivity index (χ2n) is 4.37. The van der Waals surface area contributed by atoms with Gasteiger partial charge in [0.25, 0.3) is 0 Å². The second-order valence-corrected chi connectivity index (χ2v) is 5.85. The lowest BCUT2D eigenvalue weighted by Gasteiger charge is -2.14. The molecule has 3 heterocycles. The number of imidazole rings is 1. The third-order valence-corrected chi connectivity index (χ3v) is 4.22. The molecule has 1 N–H and O–H groups in total. The van der Waals surface area contributed by atoms with Gasteiger partial charge in [0, 0.05) is 29.6 Å². The summed E-state index contributed by atoms with van der Waals surface area (Å²) < 4.78 is 6.02. The van der Waals surface area contributed by atoms with Crippen molar-refractivity contribution < 1.29 is 0 Å². The Bertz CT molecular complexity index is 599. The van der Waals surface area contributed by atoms with Crippen molar-refractivity contribution in [2.75, 3.05) is 6.54 Å². The van der Waals surface area contributed by atoms with E-state index < -0.39 is 0 Å². The number of thiazole rings is 1. The zero-order valence-corrected chi connectivity index (χ0v) is 12.2. The normalized spacial score (nSPS) is 13.1. The van der Waals surface area contributed by atoms with Gasteiger partial charge in [-0.15, -0.1) is 16.4 Å². The van der Waals surface area contributed by atoms with Crippen LogP contribution < -0.4 is 5.32 Å². The van der Waals surface area contributed by atoms with Gasteiger partial charge in [0.05, 0.1) is 17.4 Å². The van der Waals surface area contributed by atoms with Crippen LogP contribution in [0.15, 0.2) is 23.2 Å². The maximum Gasteiger partial charge on any atom is 0.193 e. The summed E-state index contributed by atoms with van der Waals surface area (Å²) >= 11 is 3.05. The van der Waals surface area contributed by atoms with Crippen molar-refractivity contribution >= 4 is 27.8 Å². The van der Waals surface area contributed by atoms with Crippen LogP contribution in [-0.4, -0.2) is 25.5 Å². The highest BCUT2D eigenvalue weighted by Gasteiger charge is 2.16. The van der Waals surface area contributed by atoms with Gasteiger partial charge >= 0.3 is 0 Å². The highest BCUT2D eigenvalue weighted by molar-refractivity contribution is 7.15. The molecule has 19 heavy (non-hydrogen) atoms. The van der Waals surface area contributed by atoms with Crippen LogP contribution in [0.1, 0.15) is 30.8 Å². The van der Waals surface area contributed by atoms with Crippen LogP contribution in [0, 0.1) is 0 Å². The molecule has 7 heteroatoms. The fourth-order valence-electron chi connectivity index (χ4n) is 2.01. The Morgan fingerprint density at radius 1 is 1.47 bits per heavy atom. The van der Waals surface area contributed by atoms with Crippen molar-refractivity contribution in [2.45, 2.75) is 25.8 Å². The Labute approximate surface area is 119 Å². The SMILES string of the molecule is CCCNC(Cc1cn2ccsc2n1)c1csnn1. The molecule has 0 aliphatic carbocycles. The van der Waals surface area contributed by atoms with Crippen LogP contribution in [-0.2, 0) is 6.42 Å². The van der Waals surface area contributed by atoms with Gasteiger partial charge in [-0.2, -0.15) is 0 Å². The van der Waals surface area contributed by atoms with Gasteiger partial charge in [-0.1, -0.05) is 11.4 Å². The van der Waals surface area contributed by atoms with Gasteiger partial charge in [-0.25, -0.2) is 4.98 Å². The Balaban J connectivity index is 1.78. The van der Waals surface area contributed by atoms with E-state index in [1.165, 1.54) is 11.5 Å². The zero-order valence-electron chi connectivity index (χ0n) is 10.6. The number of nitrogens with zero attached hydrogens (tertiary/aromatic N) is 4. The van der Waals surface area contributed by atoms with Crippen LogP contribution in [0.25, 0.3) is 4.96 Å². The molecule has 3 aromatic heterocycles. The number of hydrogen-bond acceptors (Lipinski definition) is 6. The van der Waals surface area contributed by atoms with Gasteiger partial charge < -0.3 is 5.32 Å². The van der Waals surface area contributed by atoms with E-state index in [2.05, 4.69) is 37.4 Å². The molecule has 0 aromatic carbocycles. The summed E-state index contributed by atoms with van der Waals surface area (Å²) in [4.78, 5) is 5.67. The molecule has 0 radical (unpaired) electrons. The Hall–Kier alpha value is -1.31. The molecule has 3 rings (SSSR count). The van der Waals surface area contributed by atoms with E-state index in [4.69, 9.17) is 0 Å². The molecule has 0 spiro atoms. The van der Waals surface area contributed by atoms with Gasteiger partial charge in [0.15, 0.2) is 4.96 Å². The first kappa shape index (κ1) is 12.7. The van der Waals surface area contributed by atoms with Crippen molar-refractivity contribution in [3.8, 4) is 0 Å². The van der Waals surface area contributed by atoms with Crippen molar-refractivity contribution in [2.24, 2.45) is 0 Å². The van der Waals surface area contributed by atoms with Crippen molar-refractivity contribution in [1.29, 1.82) is 0 Å². The van der Waals surface area contributed by atoms with E-state index >= 15 is 0 Å². The van der Waals surface area contributed by atoms with Crippen LogP contribution in [0.4, 0.5) is 0 Å². The van der Waals surface area contributed by atoms with Crippen molar-refractivity contribution in [3.05, 3.63) is 34.5 Å². The predicted octanol–water partition coefficient (Wildman–Crippen LogP) is 2.53. The standard InChI is InChI=1S/C12H15N5S2/c1-2-3-13-10(11-8-19-16-15-11)6-9-7-17-4-5-18-12(17)14-9/h4-5,7-8,10,13H,2-3,6H2,1H3. The fraction of sp³-hybridized carbons (Fsp3) is 0.417. The van der Waals surface area contributed by atoms with Crippen LogP contribution in [0.2, 0.25) is 0 Å². The lowest BCUT2D eigenvalue weighted by atomic mass is 10.1. The lowest BCUT2D eigenvalue weighted by molar-refractivity contribution is 0.513. The van der Waals surface area contributed by atoms with E-state index in [-0.39, 0.29) is 6.04 Å². The molecular weight excluding hydrogens is 278 g/mol. The first-order valence-corrected chi connectivity index (χ1v) is 8.00. The minimum absolute atomic E-state index is 0.198. The summed E-state index contributed by atoms with van der Waals surface area (Å²) in [5.74, 6) is 0. The molecule has 5 nitrogen and oxygen atoms in total. The van der Waals surface area contributed by atoms with Crippen molar-refractivity contribution in [1.82, 2.24) is 24.3 Å². The van der Waals surface area contributed by atoms with Crippen LogP contribution in [0.5, 0.6) is 0 Å². The zero-order chi connectivity index (χ0) is 13.1. The molecule has 0 fully saturated rings. The Morgan fingerprint density at radius 2 is 2.42 bits per heavy atom. The third kappa shape index (κ3) is 2.83. The molecule has 0 aliphatic rings. The third-order valence-electron chi connectivity index (χ3n) is 2.93. The second kappa shape index (κ2) is 5.77. The van der Waals surface area contributed by atoms with Crippen molar-refractivity contribution in [3.63, 3.8) is 0 Å². The number of fused-ring (bicyclic) bond motifs is 1. The number of nitrogens with one attached hydrogen (secondary N) is 1. The number of aromatic nitrogens is 4.